The summed E-state index contributed by atoms with van der Waals surface area (Å²) in [6.45, 7) is 20.6. The molecule has 0 unspecified atom stereocenters. The number of pyridine rings is 2. The maximum absolute atomic E-state index is 11.6. The van der Waals surface area contributed by atoms with Crippen molar-refractivity contribution in [3.63, 3.8) is 0 Å². The van der Waals surface area contributed by atoms with Crippen LogP contribution < -0.4 is 20.9 Å². The summed E-state index contributed by atoms with van der Waals surface area (Å²) in [5, 5.41) is 6.18. The number of aryl methyl sites for hydroxylation is 2. The zero-order valence-electron chi connectivity index (χ0n) is 35.4. The first-order valence-electron chi connectivity index (χ1n) is 20.6. The van der Waals surface area contributed by atoms with Gasteiger partial charge in [-0.25, -0.2) is 9.97 Å². The predicted octanol–water partition coefficient (Wildman–Crippen LogP) is 10.7. The lowest BCUT2D eigenvalue weighted by Gasteiger charge is -2.37. The van der Waals surface area contributed by atoms with Gasteiger partial charge in [-0.1, -0.05) is 96.1 Å². The van der Waals surface area contributed by atoms with Crippen molar-refractivity contribution in [1.82, 2.24) is 15.3 Å². The van der Waals surface area contributed by atoms with Gasteiger partial charge in [-0.15, -0.1) is 0 Å². The number of benzene rings is 4. The number of rotatable bonds is 5. The van der Waals surface area contributed by atoms with Crippen LogP contribution in [0.2, 0.25) is 0 Å². The quantitative estimate of drug-likeness (QED) is 0.181. The van der Waals surface area contributed by atoms with Gasteiger partial charge in [0.25, 0.3) is 0 Å². The van der Waals surface area contributed by atoms with Gasteiger partial charge in [0.05, 0.1) is 22.4 Å². The molecular formula is C50H62N6O. The second-order valence-electron chi connectivity index (χ2n) is 17.9. The SMILES string of the molecule is CC(C)(C)N.Cc1ccc(-c2cc(N3CCC(=O)CC3)c3ccccc3n2)cc1.Cc1ccc(-c2cc(N3CCC(NC(C)(C)C)CC3)c3ccccc3n2)cc1. The summed E-state index contributed by atoms with van der Waals surface area (Å²) in [5.41, 5.74) is 17.0. The Bertz CT molecular complexity index is 2240. The largest absolute Gasteiger partial charge is 0.371 e. The summed E-state index contributed by atoms with van der Waals surface area (Å²) in [5.74, 6) is 0.364. The van der Waals surface area contributed by atoms with Crippen LogP contribution in [0.3, 0.4) is 0 Å². The van der Waals surface area contributed by atoms with Gasteiger partial charge in [0.1, 0.15) is 5.78 Å². The third-order valence-corrected chi connectivity index (χ3v) is 10.2. The highest BCUT2D eigenvalue weighted by Gasteiger charge is 2.25. The Balaban J connectivity index is 0.000000174. The Morgan fingerprint density at radius 3 is 1.39 bits per heavy atom. The van der Waals surface area contributed by atoms with E-state index < -0.39 is 0 Å². The van der Waals surface area contributed by atoms with Crippen LogP contribution in [0.5, 0.6) is 0 Å². The average molecular weight is 763 g/mol. The molecule has 7 heteroatoms. The summed E-state index contributed by atoms with van der Waals surface area (Å²) in [4.78, 5) is 26.3. The molecule has 2 aliphatic rings. The normalized spacial score (nSPS) is 15.2. The number of carbonyl (C=O) groups excluding carboxylic acids is 1. The molecule has 3 N–H and O–H groups in total. The number of piperidine rings is 2. The molecule has 0 atom stereocenters. The van der Waals surface area contributed by atoms with Gasteiger partial charge in [-0.3, -0.25) is 4.79 Å². The third kappa shape index (κ3) is 11.7. The maximum Gasteiger partial charge on any atom is 0.136 e. The topological polar surface area (TPSA) is 87.4 Å². The molecule has 8 rings (SSSR count). The third-order valence-electron chi connectivity index (χ3n) is 10.2. The van der Waals surface area contributed by atoms with Crippen molar-refractivity contribution in [1.29, 1.82) is 0 Å². The minimum absolute atomic E-state index is 0. The molecule has 0 bridgehead atoms. The molecule has 0 saturated carbocycles. The van der Waals surface area contributed by atoms with E-state index in [9.17, 15) is 4.79 Å². The Morgan fingerprint density at radius 1 is 0.596 bits per heavy atom. The van der Waals surface area contributed by atoms with Gasteiger partial charge < -0.3 is 20.9 Å². The van der Waals surface area contributed by atoms with Crippen molar-refractivity contribution in [2.24, 2.45) is 5.73 Å². The molecule has 0 radical (unpaired) electrons. The Labute approximate surface area is 340 Å². The van der Waals surface area contributed by atoms with Crippen molar-refractivity contribution in [2.75, 3.05) is 36.0 Å². The number of fused-ring (bicyclic) bond motifs is 2. The van der Waals surface area contributed by atoms with E-state index in [1.807, 2.05) is 32.9 Å². The average Bonchev–Trinajstić information content (AvgIpc) is 3.17. The van der Waals surface area contributed by atoms with Gasteiger partial charge in [0.15, 0.2) is 0 Å². The molecule has 0 amide bonds. The van der Waals surface area contributed by atoms with Crippen molar-refractivity contribution in [2.45, 2.75) is 98.2 Å². The molecule has 4 heterocycles. The molecule has 2 fully saturated rings. The van der Waals surface area contributed by atoms with Gasteiger partial charge in [0, 0.05) is 89.4 Å². The first kappa shape index (κ1) is 41.5. The van der Waals surface area contributed by atoms with Crippen LogP contribution in [-0.2, 0) is 4.79 Å². The summed E-state index contributed by atoms with van der Waals surface area (Å²) in [6.07, 6.45) is 3.62. The number of anilines is 2. The summed E-state index contributed by atoms with van der Waals surface area (Å²) >= 11 is 0. The molecule has 4 aromatic carbocycles. The Morgan fingerprint density at radius 2 is 0.982 bits per heavy atom. The Hall–Kier alpha value is -5.11. The molecule has 0 spiro atoms. The lowest BCUT2D eigenvalue weighted by Crippen LogP contribution is -2.49. The van der Waals surface area contributed by atoms with Crippen LogP contribution in [-0.4, -0.2) is 59.0 Å². The van der Waals surface area contributed by atoms with E-state index in [0.717, 1.165) is 59.5 Å². The summed E-state index contributed by atoms with van der Waals surface area (Å²) < 4.78 is 0. The van der Waals surface area contributed by atoms with Gasteiger partial charge in [-0.05, 0) is 92.5 Å². The van der Waals surface area contributed by atoms with Crippen LogP contribution in [0.25, 0.3) is 44.3 Å². The predicted molar refractivity (Wildman–Crippen MR) is 242 cm³/mol. The number of ketones is 1. The first-order valence-corrected chi connectivity index (χ1v) is 20.6. The zero-order chi connectivity index (χ0) is 40.7. The minimum atomic E-state index is 0. The fourth-order valence-corrected chi connectivity index (χ4v) is 7.46. The van der Waals surface area contributed by atoms with E-state index in [1.165, 1.54) is 46.3 Å². The van der Waals surface area contributed by atoms with E-state index >= 15 is 0 Å². The van der Waals surface area contributed by atoms with Gasteiger partial charge >= 0.3 is 0 Å². The van der Waals surface area contributed by atoms with Crippen LogP contribution >= 0.6 is 0 Å². The van der Waals surface area contributed by atoms with Crippen LogP contribution in [0, 0.1) is 13.8 Å². The van der Waals surface area contributed by atoms with Crippen molar-refractivity contribution in [3.05, 3.63) is 120 Å². The fourth-order valence-electron chi connectivity index (χ4n) is 7.46. The van der Waals surface area contributed by atoms with Gasteiger partial charge in [0.2, 0.25) is 0 Å². The number of nitrogens with one attached hydrogen (secondary N) is 1. The van der Waals surface area contributed by atoms with Crippen molar-refractivity contribution < 1.29 is 4.79 Å². The van der Waals surface area contributed by atoms with Crippen molar-refractivity contribution >= 4 is 39.0 Å². The number of para-hydroxylation sites is 2. The lowest BCUT2D eigenvalue weighted by molar-refractivity contribution is -0.119. The van der Waals surface area contributed by atoms with E-state index in [4.69, 9.17) is 15.7 Å². The number of carbonyl (C=O) groups is 1. The van der Waals surface area contributed by atoms with E-state index in [-0.39, 0.29) is 11.1 Å². The van der Waals surface area contributed by atoms with Crippen LogP contribution in [0.4, 0.5) is 11.4 Å². The number of hydrogen-bond acceptors (Lipinski definition) is 7. The molecular weight excluding hydrogens is 701 g/mol. The molecule has 2 aromatic heterocycles. The zero-order valence-corrected chi connectivity index (χ0v) is 35.4. The molecule has 2 aliphatic heterocycles. The van der Waals surface area contributed by atoms with Crippen LogP contribution in [0.1, 0.15) is 78.4 Å². The monoisotopic (exact) mass is 762 g/mol. The van der Waals surface area contributed by atoms with Crippen molar-refractivity contribution in [3.8, 4) is 22.5 Å². The highest BCUT2D eigenvalue weighted by atomic mass is 16.1. The smallest absolute Gasteiger partial charge is 0.136 e. The second-order valence-corrected chi connectivity index (χ2v) is 17.9. The lowest BCUT2D eigenvalue weighted by atomic mass is 9.98. The Kier molecular flexibility index (Phi) is 13.1. The standard InChI is InChI=1S/C25H31N3.C21H20N2O.C4H11N/c1-18-9-11-19(12-10-18)23-17-24(21-7-5-6-8-22(21)26-23)28-15-13-20(14-16-28)27-25(2,3)4;1-15-6-8-16(9-7-15)20-14-21(23-12-10-17(24)11-13-23)18-4-2-3-5-19(18)22-20;1-4(2,3)5/h5-12,17,20,27H,13-16H2,1-4H3;2-9,14H,10-13H2,1H3;5H2,1-3H3. The highest BCUT2D eigenvalue weighted by molar-refractivity contribution is 5.96. The second kappa shape index (κ2) is 18.0. The van der Waals surface area contributed by atoms with E-state index in [2.05, 4.69) is 147 Å². The first-order chi connectivity index (χ1) is 27.1. The van der Waals surface area contributed by atoms with Gasteiger partial charge in [-0.2, -0.15) is 0 Å². The molecule has 0 aliphatic carbocycles. The number of Topliss-reactive ketones (excluding diaryl/α,β-unsaturated/α-hetero) is 1. The minimum Gasteiger partial charge on any atom is -0.371 e. The number of hydrogen-bond donors (Lipinski definition) is 2. The summed E-state index contributed by atoms with van der Waals surface area (Å²) in [7, 11) is 0. The fraction of sp³-hybridized carbons (Fsp3) is 0.380. The highest BCUT2D eigenvalue weighted by Crippen LogP contribution is 2.34. The summed E-state index contributed by atoms with van der Waals surface area (Å²) in [6, 6.07) is 39.0. The molecule has 298 valence electrons. The number of nitrogens with two attached hydrogens (primary N) is 1. The molecule has 7 nitrogen and oxygen atoms in total. The van der Waals surface area contributed by atoms with E-state index in [1.54, 1.807) is 0 Å². The molecule has 6 aromatic rings. The molecule has 57 heavy (non-hydrogen) atoms. The number of aromatic nitrogens is 2. The maximum atomic E-state index is 11.6. The number of nitrogens with zero attached hydrogens (tertiary/aromatic N) is 4. The van der Waals surface area contributed by atoms with Crippen LogP contribution in [0.15, 0.2) is 109 Å². The van der Waals surface area contributed by atoms with E-state index in [0.29, 0.717) is 24.7 Å². The molecule has 2 saturated heterocycles.